The lowest BCUT2D eigenvalue weighted by Crippen LogP contribution is -2.42. The normalized spacial score (nSPS) is 24.8. The van der Waals surface area contributed by atoms with Crippen LogP contribution in [0.15, 0.2) is 0 Å². The monoisotopic (exact) mass is 309 g/mol. The molecular formula is C13H27NO5S. The molecule has 7 heteroatoms. The van der Waals surface area contributed by atoms with Crippen LogP contribution in [0, 0.1) is 5.92 Å². The molecule has 1 rings (SSSR count). The number of sulfonamides is 1. The van der Waals surface area contributed by atoms with E-state index in [-0.39, 0.29) is 5.92 Å². The Bertz CT molecular complexity index is 392. The van der Waals surface area contributed by atoms with Crippen LogP contribution in [-0.2, 0) is 19.5 Å². The number of rotatable bonds is 7. The zero-order chi connectivity index (χ0) is 15.4. The first-order chi connectivity index (χ1) is 9.18. The van der Waals surface area contributed by atoms with Crippen molar-refractivity contribution in [2.75, 3.05) is 33.6 Å². The van der Waals surface area contributed by atoms with Crippen molar-refractivity contribution < 1.29 is 23.0 Å². The van der Waals surface area contributed by atoms with Crippen LogP contribution >= 0.6 is 0 Å². The first-order valence-corrected chi connectivity index (χ1v) is 8.76. The van der Waals surface area contributed by atoms with Gasteiger partial charge in [-0.3, -0.25) is 0 Å². The molecular weight excluding hydrogens is 282 g/mol. The summed E-state index contributed by atoms with van der Waals surface area (Å²) in [5.41, 5.74) is -0.929. The predicted octanol–water partition coefficient (Wildman–Crippen LogP) is 0.808. The Labute approximate surface area is 122 Å². The van der Waals surface area contributed by atoms with Crippen molar-refractivity contribution in [1.29, 1.82) is 0 Å². The first kappa shape index (κ1) is 17.8. The molecule has 0 spiro atoms. The highest BCUT2D eigenvalue weighted by atomic mass is 32.2. The molecule has 1 fully saturated rings. The lowest BCUT2D eigenvalue weighted by molar-refractivity contribution is -0.144. The number of ether oxygens (including phenoxy) is 2. The van der Waals surface area contributed by atoms with E-state index in [1.165, 1.54) is 24.8 Å². The SMILES string of the molecule is COC(CC(C)(O)CC1CCCN(S(C)(=O)=O)C1)OC. The van der Waals surface area contributed by atoms with Gasteiger partial charge in [-0.05, 0) is 32.1 Å². The van der Waals surface area contributed by atoms with Gasteiger partial charge in [0.2, 0.25) is 10.0 Å². The van der Waals surface area contributed by atoms with Crippen molar-refractivity contribution in [3.05, 3.63) is 0 Å². The van der Waals surface area contributed by atoms with Gasteiger partial charge in [0.05, 0.1) is 11.9 Å². The molecule has 1 aliphatic rings. The summed E-state index contributed by atoms with van der Waals surface area (Å²) in [6.45, 7) is 2.81. The third kappa shape index (κ3) is 5.65. The van der Waals surface area contributed by atoms with Crippen LogP contribution in [0.25, 0.3) is 0 Å². The lowest BCUT2D eigenvalue weighted by Gasteiger charge is -2.36. The number of hydrogen-bond donors (Lipinski definition) is 1. The smallest absolute Gasteiger partial charge is 0.211 e. The summed E-state index contributed by atoms with van der Waals surface area (Å²) in [5, 5.41) is 10.5. The van der Waals surface area contributed by atoms with Crippen LogP contribution < -0.4 is 0 Å². The molecule has 2 unspecified atom stereocenters. The predicted molar refractivity (Wildman–Crippen MR) is 76.8 cm³/mol. The molecule has 120 valence electrons. The van der Waals surface area contributed by atoms with E-state index < -0.39 is 21.9 Å². The van der Waals surface area contributed by atoms with Gasteiger partial charge in [0.1, 0.15) is 0 Å². The Morgan fingerprint density at radius 3 is 2.50 bits per heavy atom. The Morgan fingerprint density at radius 2 is 2.00 bits per heavy atom. The zero-order valence-electron chi connectivity index (χ0n) is 12.8. The van der Waals surface area contributed by atoms with Gasteiger partial charge in [-0.25, -0.2) is 12.7 Å². The van der Waals surface area contributed by atoms with Crippen molar-refractivity contribution in [1.82, 2.24) is 4.31 Å². The Kier molecular flexibility index (Phi) is 6.40. The molecule has 0 saturated carbocycles. The van der Waals surface area contributed by atoms with Crippen molar-refractivity contribution in [3.63, 3.8) is 0 Å². The largest absolute Gasteiger partial charge is 0.390 e. The van der Waals surface area contributed by atoms with Crippen LogP contribution in [0.1, 0.15) is 32.6 Å². The summed E-state index contributed by atoms with van der Waals surface area (Å²) in [4.78, 5) is 0. The van der Waals surface area contributed by atoms with Crippen LogP contribution in [0.2, 0.25) is 0 Å². The van der Waals surface area contributed by atoms with Crippen LogP contribution in [0.4, 0.5) is 0 Å². The average molecular weight is 309 g/mol. The standard InChI is InChI=1S/C13H27NO5S/c1-13(15,9-12(18-2)19-3)8-11-6-5-7-14(10-11)20(4,16)17/h11-12,15H,5-10H2,1-4H3. The zero-order valence-corrected chi connectivity index (χ0v) is 13.6. The van der Waals surface area contributed by atoms with E-state index in [9.17, 15) is 13.5 Å². The second-order valence-electron chi connectivity index (χ2n) is 5.94. The maximum absolute atomic E-state index is 11.6. The third-order valence-corrected chi connectivity index (χ3v) is 5.08. The molecule has 0 aromatic rings. The van der Waals surface area contributed by atoms with Gasteiger partial charge in [-0.1, -0.05) is 0 Å². The molecule has 1 saturated heterocycles. The molecule has 0 bridgehead atoms. The molecule has 1 aliphatic heterocycles. The summed E-state index contributed by atoms with van der Waals surface area (Å²) >= 11 is 0. The van der Waals surface area contributed by atoms with E-state index in [1.807, 2.05) is 0 Å². The van der Waals surface area contributed by atoms with Gasteiger partial charge >= 0.3 is 0 Å². The van der Waals surface area contributed by atoms with E-state index in [1.54, 1.807) is 6.92 Å². The van der Waals surface area contributed by atoms with E-state index in [0.717, 1.165) is 12.8 Å². The summed E-state index contributed by atoms with van der Waals surface area (Å²) in [7, 11) is -0.0686. The topological polar surface area (TPSA) is 76.1 Å². The van der Waals surface area contributed by atoms with Crippen molar-refractivity contribution in [2.24, 2.45) is 5.92 Å². The van der Waals surface area contributed by atoms with Crippen molar-refractivity contribution >= 4 is 10.0 Å². The highest BCUT2D eigenvalue weighted by molar-refractivity contribution is 7.88. The van der Waals surface area contributed by atoms with E-state index in [4.69, 9.17) is 9.47 Å². The number of methoxy groups -OCH3 is 2. The van der Waals surface area contributed by atoms with E-state index >= 15 is 0 Å². The summed E-state index contributed by atoms with van der Waals surface area (Å²) in [6.07, 6.45) is 3.48. The molecule has 6 nitrogen and oxygen atoms in total. The van der Waals surface area contributed by atoms with Crippen molar-refractivity contribution in [3.8, 4) is 0 Å². The second kappa shape index (κ2) is 7.17. The Balaban J connectivity index is 2.58. The third-order valence-electron chi connectivity index (χ3n) is 3.81. The molecule has 0 aliphatic carbocycles. The summed E-state index contributed by atoms with van der Waals surface area (Å²) in [6, 6.07) is 0. The maximum Gasteiger partial charge on any atom is 0.211 e. The van der Waals surface area contributed by atoms with Crippen molar-refractivity contribution in [2.45, 2.75) is 44.5 Å². The fraction of sp³-hybridized carbons (Fsp3) is 1.00. The first-order valence-electron chi connectivity index (χ1n) is 6.91. The minimum Gasteiger partial charge on any atom is -0.390 e. The quantitative estimate of drug-likeness (QED) is 0.704. The maximum atomic E-state index is 11.6. The Morgan fingerprint density at radius 1 is 1.40 bits per heavy atom. The second-order valence-corrected chi connectivity index (χ2v) is 7.92. The lowest BCUT2D eigenvalue weighted by atomic mass is 9.85. The number of piperidine rings is 1. The summed E-state index contributed by atoms with van der Waals surface area (Å²) < 4.78 is 34.9. The highest BCUT2D eigenvalue weighted by Gasteiger charge is 2.33. The van der Waals surface area contributed by atoms with Gasteiger partial charge in [0.25, 0.3) is 0 Å². The van der Waals surface area contributed by atoms with Gasteiger partial charge in [0.15, 0.2) is 6.29 Å². The number of hydrogen-bond acceptors (Lipinski definition) is 5. The molecule has 0 aromatic carbocycles. The minimum absolute atomic E-state index is 0.169. The molecule has 1 N–H and O–H groups in total. The Hall–Kier alpha value is -0.210. The molecule has 2 atom stereocenters. The number of aliphatic hydroxyl groups is 1. The van der Waals surface area contributed by atoms with Crippen LogP contribution in [-0.4, -0.2) is 63.3 Å². The van der Waals surface area contributed by atoms with Gasteiger partial charge in [0, 0.05) is 33.7 Å². The van der Waals surface area contributed by atoms with E-state index in [0.29, 0.717) is 25.9 Å². The summed E-state index contributed by atoms with van der Waals surface area (Å²) in [5.74, 6) is 0.169. The minimum atomic E-state index is -3.14. The van der Waals surface area contributed by atoms with Gasteiger partial charge in [-0.2, -0.15) is 0 Å². The van der Waals surface area contributed by atoms with Gasteiger partial charge in [-0.15, -0.1) is 0 Å². The van der Waals surface area contributed by atoms with Crippen LogP contribution in [0.3, 0.4) is 0 Å². The number of nitrogens with zero attached hydrogens (tertiary/aromatic N) is 1. The molecule has 0 radical (unpaired) electrons. The molecule has 20 heavy (non-hydrogen) atoms. The fourth-order valence-corrected chi connectivity index (χ4v) is 3.76. The van der Waals surface area contributed by atoms with Crippen LogP contribution in [0.5, 0.6) is 0 Å². The molecule has 0 amide bonds. The fourth-order valence-electron chi connectivity index (χ4n) is 2.82. The van der Waals surface area contributed by atoms with E-state index in [2.05, 4.69) is 0 Å². The highest BCUT2D eigenvalue weighted by Crippen LogP contribution is 2.29. The molecule has 0 aromatic heterocycles. The molecule has 1 heterocycles. The average Bonchev–Trinajstić information content (AvgIpc) is 2.34. The van der Waals surface area contributed by atoms with Gasteiger partial charge < -0.3 is 14.6 Å².